The Morgan fingerprint density at radius 1 is 1.42 bits per heavy atom. The molecule has 1 atom stereocenters. The van der Waals surface area contributed by atoms with E-state index in [1.54, 1.807) is 0 Å². The van der Waals surface area contributed by atoms with Crippen LogP contribution < -0.4 is 5.73 Å². The van der Waals surface area contributed by atoms with Crippen LogP contribution in [-0.2, 0) is 6.54 Å². The van der Waals surface area contributed by atoms with E-state index in [1.807, 2.05) is 44.3 Å². The molecule has 0 saturated carbocycles. The second-order valence-corrected chi connectivity index (χ2v) is 5.09. The number of benzene rings is 1. The highest BCUT2D eigenvalue weighted by molar-refractivity contribution is 6.30. The van der Waals surface area contributed by atoms with E-state index in [0.29, 0.717) is 13.1 Å². The van der Waals surface area contributed by atoms with Crippen molar-refractivity contribution < 1.29 is 4.52 Å². The number of likely N-dealkylation sites (N-methyl/N-ethyl adjacent to an activating group) is 1. The lowest BCUT2D eigenvalue weighted by atomic mass is 10.1. The van der Waals surface area contributed by atoms with Crippen LogP contribution in [0.2, 0.25) is 5.02 Å². The van der Waals surface area contributed by atoms with E-state index in [9.17, 15) is 0 Å². The van der Waals surface area contributed by atoms with E-state index in [-0.39, 0.29) is 6.04 Å². The third-order valence-corrected chi connectivity index (χ3v) is 3.31. The summed E-state index contributed by atoms with van der Waals surface area (Å²) in [6, 6.07) is 9.82. The smallest absolute Gasteiger partial charge is 0.133 e. The molecule has 1 aromatic heterocycles. The van der Waals surface area contributed by atoms with Crippen molar-refractivity contribution in [2.45, 2.75) is 19.5 Å². The summed E-state index contributed by atoms with van der Waals surface area (Å²) in [6.45, 7) is 3.09. The largest absolute Gasteiger partial charge is 0.361 e. The van der Waals surface area contributed by atoms with E-state index in [1.165, 1.54) is 0 Å². The summed E-state index contributed by atoms with van der Waals surface area (Å²) < 4.78 is 5.07. The molecule has 1 unspecified atom stereocenters. The van der Waals surface area contributed by atoms with E-state index in [2.05, 4.69) is 10.1 Å². The first-order valence-electron chi connectivity index (χ1n) is 6.18. The molecule has 0 spiro atoms. The highest BCUT2D eigenvalue weighted by Crippen LogP contribution is 2.22. The number of rotatable bonds is 5. The molecule has 5 heteroatoms. The quantitative estimate of drug-likeness (QED) is 0.914. The van der Waals surface area contributed by atoms with Crippen LogP contribution in [-0.4, -0.2) is 23.6 Å². The Morgan fingerprint density at radius 3 is 2.79 bits per heavy atom. The maximum absolute atomic E-state index is 6.03. The van der Waals surface area contributed by atoms with Gasteiger partial charge in [-0.3, -0.25) is 4.90 Å². The number of hydrogen-bond acceptors (Lipinski definition) is 4. The van der Waals surface area contributed by atoms with Gasteiger partial charge in [0, 0.05) is 30.2 Å². The maximum atomic E-state index is 6.03. The molecule has 2 N–H and O–H groups in total. The Bertz CT molecular complexity index is 541. The van der Waals surface area contributed by atoms with Gasteiger partial charge in [0.1, 0.15) is 5.76 Å². The van der Waals surface area contributed by atoms with Gasteiger partial charge in [-0.25, -0.2) is 0 Å². The lowest BCUT2D eigenvalue weighted by Gasteiger charge is -2.26. The fourth-order valence-corrected chi connectivity index (χ4v) is 2.34. The van der Waals surface area contributed by atoms with Gasteiger partial charge in [-0.1, -0.05) is 28.9 Å². The summed E-state index contributed by atoms with van der Waals surface area (Å²) in [5.74, 6) is 0.815. The molecule has 1 aromatic carbocycles. The molecule has 0 radical (unpaired) electrons. The van der Waals surface area contributed by atoms with Crippen LogP contribution in [0.4, 0.5) is 0 Å². The summed E-state index contributed by atoms with van der Waals surface area (Å²) in [4.78, 5) is 2.14. The van der Waals surface area contributed by atoms with Gasteiger partial charge in [-0.15, -0.1) is 0 Å². The van der Waals surface area contributed by atoms with Gasteiger partial charge in [0.2, 0.25) is 0 Å². The predicted octanol–water partition coefficient (Wildman–Crippen LogP) is 2.77. The van der Waals surface area contributed by atoms with Crippen LogP contribution >= 0.6 is 11.6 Å². The number of nitrogens with two attached hydrogens (primary N) is 1. The number of hydrogen-bond donors (Lipinski definition) is 1. The normalized spacial score (nSPS) is 12.9. The molecule has 0 aliphatic rings. The molecular formula is C14H18ClN3O. The first-order valence-corrected chi connectivity index (χ1v) is 6.56. The zero-order chi connectivity index (χ0) is 13.8. The fourth-order valence-electron chi connectivity index (χ4n) is 2.14. The van der Waals surface area contributed by atoms with Gasteiger partial charge in [0.15, 0.2) is 0 Å². The molecule has 2 aromatic rings. The minimum absolute atomic E-state index is 0.107. The molecular weight excluding hydrogens is 262 g/mol. The van der Waals surface area contributed by atoms with Crippen LogP contribution in [0.5, 0.6) is 0 Å². The molecule has 0 aliphatic carbocycles. The lowest BCUT2D eigenvalue weighted by Crippen LogP contribution is -2.30. The zero-order valence-electron chi connectivity index (χ0n) is 11.1. The van der Waals surface area contributed by atoms with Crippen molar-refractivity contribution in [3.63, 3.8) is 0 Å². The Labute approximate surface area is 118 Å². The van der Waals surface area contributed by atoms with Crippen molar-refractivity contribution in [1.29, 1.82) is 0 Å². The fraction of sp³-hybridized carbons (Fsp3) is 0.357. The van der Waals surface area contributed by atoms with Crippen LogP contribution in [0.3, 0.4) is 0 Å². The summed E-state index contributed by atoms with van der Waals surface area (Å²) in [5, 5.41) is 4.72. The summed E-state index contributed by atoms with van der Waals surface area (Å²) in [6.07, 6.45) is 0. The van der Waals surface area contributed by atoms with E-state index in [4.69, 9.17) is 21.9 Å². The molecule has 0 amide bonds. The van der Waals surface area contributed by atoms with Crippen LogP contribution in [0.25, 0.3) is 0 Å². The van der Waals surface area contributed by atoms with Crippen molar-refractivity contribution in [2.24, 2.45) is 5.73 Å². The van der Waals surface area contributed by atoms with Gasteiger partial charge < -0.3 is 10.3 Å². The Hall–Kier alpha value is -1.36. The topological polar surface area (TPSA) is 55.3 Å². The van der Waals surface area contributed by atoms with Crippen molar-refractivity contribution in [3.8, 4) is 0 Å². The first-order chi connectivity index (χ1) is 9.10. The third kappa shape index (κ3) is 3.56. The standard InChI is InChI=1S/C14H18ClN3O/c1-10-6-13(17-19-10)9-18(2)14(8-16)11-4-3-5-12(15)7-11/h3-7,14H,8-9,16H2,1-2H3. The van der Waals surface area contributed by atoms with Crippen molar-refractivity contribution >= 4 is 11.6 Å². The van der Waals surface area contributed by atoms with Crippen LogP contribution in [0.1, 0.15) is 23.1 Å². The zero-order valence-corrected chi connectivity index (χ0v) is 11.9. The van der Waals surface area contributed by atoms with Crippen molar-refractivity contribution in [2.75, 3.05) is 13.6 Å². The summed E-state index contributed by atoms with van der Waals surface area (Å²) >= 11 is 6.03. The number of aromatic nitrogens is 1. The average Bonchev–Trinajstić information content (AvgIpc) is 2.75. The Morgan fingerprint density at radius 2 is 2.21 bits per heavy atom. The van der Waals surface area contributed by atoms with Crippen LogP contribution in [0, 0.1) is 6.92 Å². The van der Waals surface area contributed by atoms with Gasteiger partial charge in [-0.2, -0.15) is 0 Å². The molecule has 4 nitrogen and oxygen atoms in total. The van der Waals surface area contributed by atoms with Gasteiger partial charge >= 0.3 is 0 Å². The average molecular weight is 280 g/mol. The highest BCUT2D eigenvalue weighted by atomic mass is 35.5. The molecule has 1 heterocycles. The second kappa shape index (κ2) is 6.19. The molecule has 2 rings (SSSR count). The SMILES string of the molecule is Cc1cc(CN(C)C(CN)c2cccc(Cl)c2)no1. The molecule has 0 fully saturated rings. The van der Waals surface area contributed by atoms with E-state index in [0.717, 1.165) is 22.0 Å². The molecule has 0 saturated heterocycles. The summed E-state index contributed by atoms with van der Waals surface area (Å²) in [7, 11) is 2.02. The Kier molecular flexibility index (Phi) is 4.58. The molecule has 0 aliphatic heterocycles. The predicted molar refractivity (Wildman–Crippen MR) is 76.0 cm³/mol. The number of aryl methyl sites for hydroxylation is 1. The maximum Gasteiger partial charge on any atom is 0.133 e. The van der Waals surface area contributed by atoms with Crippen LogP contribution in [0.15, 0.2) is 34.9 Å². The Balaban J connectivity index is 2.12. The number of nitrogens with zero attached hydrogens (tertiary/aromatic N) is 2. The molecule has 0 bridgehead atoms. The van der Waals surface area contributed by atoms with E-state index < -0.39 is 0 Å². The number of halogens is 1. The minimum Gasteiger partial charge on any atom is -0.361 e. The summed E-state index contributed by atoms with van der Waals surface area (Å²) in [5.41, 5.74) is 7.90. The first kappa shape index (κ1) is 14.1. The van der Waals surface area contributed by atoms with Gasteiger partial charge in [0.25, 0.3) is 0 Å². The lowest BCUT2D eigenvalue weighted by molar-refractivity contribution is 0.234. The van der Waals surface area contributed by atoms with Gasteiger partial charge in [0.05, 0.1) is 5.69 Å². The van der Waals surface area contributed by atoms with Crippen molar-refractivity contribution in [1.82, 2.24) is 10.1 Å². The second-order valence-electron chi connectivity index (χ2n) is 4.65. The molecule has 19 heavy (non-hydrogen) atoms. The van der Waals surface area contributed by atoms with Gasteiger partial charge in [-0.05, 0) is 31.7 Å². The highest BCUT2D eigenvalue weighted by Gasteiger charge is 2.17. The monoisotopic (exact) mass is 279 g/mol. The van der Waals surface area contributed by atoms with E-state index >= 15 is 0 Å². The third-order valence-electron chi connectivity index (χ3n) is 3.08. The van der Waals surface area contributed by atoms with Crippen molar-refractivity contribution in [3.05, 3.63) is 52.4 Å². The molecule has 102 valence electrons. The minimum atomic E-state index is 0.107.